The second kappa shape index (κ2) is 4.01. The standard InChI is InChI=1S/C19H15N2/c1-2-4-14-10-17-15(9-13(14)3-1)5-6-16-18(17)11-21-12-20-8-7-19(16)21/h1-8,12H,9-11H2/q+1. The average molecular weight is 271 g/mol. The Kier molecular flexibility index (Phi) is 2.14. The summed E-state index contributed by atoms with van der Waals surface area (Å²) in [4.78, 5) is 4.25. The molecule has 2 heteroatoms. The van der Waals surface area contributed by atoms with E-state index in [4.69, 9.17) is 0 Å². The Morgan fingerprint density at radius 2 is 1.67 bits per heavy atom. The number of aromatic nitrogens is 2. The maximum absolute atomic E-state index is 4.25. The highest BCUT2D eigenvalue weighted by Crippen LogP contribution is 2.36. The molecule has 2 aliphatic rings. The fourth-order valence-electron chi connectivity index (χ4n) is 3.78. The molecule has 2 nitrogen and oxygen atoms in total. The van der Waals surface area contributed by atoms with E-state index in [-0.39, 0.29) is 0 Å². The number of nitrogens with zero attached hydrogens (tertiary/aromatic N) is 2. The SMILES string of the molecule is c1ccc2c(c1)Cc1ccc3c(c1C2)C[n+]1cnccc1-3. The molecule has 0 saturated carbocycles. The predicted octanol–water partition coefficient (Wildman–Crippen LogP) is 2.89. The lowest BCUT2D eigenvalue weighted by atomic mass is 9.82. The van der Waals surface area contributed by atoms with Crippen LogP contribution in [0.1, 0.15) is 27.8 Å². The van der Waals surface area contributed by atoms with Gasteiger partial charge in [-0.3, -0.25) is 0 Å². The van der Waals surface area contributed by atoms with E-state index >= 15 is 0 Å². The molecule has 1 aliphatic carbocycles. The fraction of sp³-hybridized carbons (Fsp3) is 0.158. The van der Waals surface area contributed by atoms with Gasteiger partial charge in [-0.25, -0.2) is 4.57 Å². The van der Waals surface area contributed by atoms with Crippen molar-refractivity contribution in [1.82, 2.24) is 4.98 Å². The van der Waals surface area contributed by atoms with Gasteiger partial charge in [0, 0.05) is 17.2 Å². The summed E-state index contributed by atoms with van der Waals surface area (Å²) in [5.74, 6) is 0. The van der Waals surface area contributed by atoms with E-state index in [0.717, 1.165) is 19.4 Å². The molecule has 0 atom stereocenters. The van der Waals surface area contributed by atoms with Crippen molar-refractivity contribution >= 4 is 0 Å². The van der Waals surface area contributed by atoms with E-state index in [1.165, 1.54) is 39.1 Å². The number of hydrogen-bond donors (Lipinski definition) is 0. The molecule has 2 heterocycles. The van der Waals surface area contributed by atoms with E-state index in [9.17, 15) is 0 Å². The van der Waals surface area contributed by atoms with Crippen LogP contribution in [0.2, 0.25) is 0 Å². The van der Waals surface area contributed by atoms with Crippen LogP contribution in [0.5, 0.6) is 0 Å². The van der Waals surface area contributed by atoms with Crippen LogP contribution in [0, 0.1) is 0 Å². The summed E-state index contributed by atoms with van der Waals surface area (Å²) >= 11 is 0. The molecule has 0 N–H and O–H groups in total. The largest absolute Gasteiger partial charge is 0.286 e. The lowest BCUT2D eigenvalue weighted by Crippen LogP contribution is -2.32. The third kappa shape index (κ3) is 1.53. The van der Waals surface area contributed by atoms with Crippen molar-refractivity contribution < 1.29 is 4.57 Å². The molecule has 0 fully saturated rings. The van der Waals surface area contributed by atoms with Crippen LogP contribution in [0.25, 0.3) is 11.3 Å². The van der Waals surface area contributed by atoms with Gasteiger partial charge in [-0.2, -0.15) is 0 Å². The highest BCUT2D eigenvalue weighted by Gasteiger charge is 2.28. The van der Waals surface area contributed by atoms with E-state index in [2.05, 4.69) is 52.0 Å². The molecule has 0 radical (unpaired) electrons. The molecule has 100 valence electrons. The molecule has 2 aromatic carbocycles. The molecule has 1 aromatic heterocycles. The Bertz CT molecular complexity index is 880. The van der Waals surface area contributed by atoms with Gasteiger partial charge in [-0.15, -0.1) is 0 Å². The first-order chi connectivity index (χ1) is 10.4. The zero-order chi connectivity index (χ0) is 13.8. The minimum atomic E-state index is 0.962. The Balaban J connectivity index is 1.70. The minimum absolute atomic E-state index is 0.962. The Morgan fingerprint density at radius 1 is 0.810 bits per heavy atom. The second-order valence-electron chi connectivity index (χ2n) is 5.95. The summed E-state index contributed by atoms with van der Waals surface area (Å²) in [7, 11) is 0. The van der Waals surface area contributed by atoms with Gasteiger partial charge >= 0.3 is 0 Å². The molecular formula is C19H15N2+. The van der Waals surface area contributed by atoms with Crippen molar-refractivity contribution in [2.24, 2.45) is 0 Å². The highest BCUT2D eigenvalue weighted by atomic mass is 15.0. The van der Waals surface area contributed by atoms with Crippen LogP contribution in [0.3, 0.4) is 0 Å². The maximum Gasteiger partial charge on any atom is 0.286 e. The van der Waals surface area contributed by atoms with Gasteiger partial charge in [0.25, 0.3) is 6.33 Å². The van der Waals surface area contributed by atoms with Gasteiger partial charge in [-0.1, -0.05) is 35.3 Å². The van der Waals surface area contributed by atoms with Gasteiger partial charge in [0.05, 0.1) is 0 Å². The first-order valence-corrected chi connectivity index (χ1v) is 7.44. The van der Waals surface area contributed by atoms with Gasteiger partial charge in [0.2, 0.25) is 0 Å². The van der Waals surface area contributed by atoms with Crippen molar-refractivity contribution in [3.63, 3.8) is 0 Å². The first-order valence-electron chi connectivity index (χ1n) is 7.44. The van der Waals surface area contributed by atoms with Crippen molar-refractivity contribution in [3.8, 4) is 11.3 Å². The topological polar surface area (TPSA) is 16.8 Å². The second-order valence-corrected chi connectivity index (χ2v) is 5.95. The molecule has 1 aliphatic heterocycles. The molecular weight excluding hydrogens is 256 g/mol. The third-order valence-electron chi connectivity index (χ3n) is 4.83. The lowest BCUT2D eigenvalue weighted by molar-refractivity contribution is -0.675. The van der Waals surface area contributed by atoms with E-state index in [1.807, 2.05) is 12.5 Å². The Hall–Kier alpha value is -2.48. The van der Waals surface area contributed by atoms with E-state index < -0.39 is 0 Å². The number of fused-ring (bicyclic) bond motifs is 6. The zero-order valence-electron chi connectivity index (χ0n) is 11.7. The van der Waals surface area contributed by atoms with Gasteiger partial charge < -0.3 is 0 Å². The predicted molar refractivity (Wildman–Crippen MR) is 81.0 cm³/mol. The van der Waals surface area contributed by atoms with Gasteiger partial charge in [0.1, 0.15) is 18.4 Å². The smallest absolute Gasteiger partial charge is 0.226 e. The third-order valence-corrected chi connectivity index (χ3v) is 4.83. The lowest BCUT2D eigenvalue weighted by Gasteiger charge is -2.21. The number of hydrogen-bond acceptors (Lipinski definition) is 1. The highest BCUT2D eigenvalue weighted by molar-refractivity contribution is 5.67. The van der Waals surface area contributed by atoms with Crippen molar-refractivity contribution in [2.75, 3.05) is 0 Å². The van der Waals surface area contributed by atoms with Crippen molar-refractivity contribution in [3.05, 3.63) is 82.8 Å². The van der Waals surface area contributed by atoms with Crippen molar-refractivity contribution in [2.45, 2.75) is 19.4 Å². The monoisotopic (exact) mass is 271 g/mol. The molecule has 0 spiro atoms. The van der Waals surface area contributed by atoms with Crippen LogP contribution in [0.15, 0.2) is 55.0 Å². The summed E-state index contributed by atoms with van der Waals surface area (Å²) in [6, 6.07) is 15.6. The van der Waals surface area contributed by atoms with Crippen LogP contribution in [0.4, 0.5) is 0 Å². The molecule has 0 amide bonds. The summed E-state index contributed by atoms with van der Waals surface area (Å²) in [6.45, 7) is 0.962. The maximum atomic E-state index is 4.25. The Labute approximate surface area is 123 Å². The Morgan fingerprint density at radius 3 is 2.57 bits per heavy atom. The van der Waals surface area contributed by atoms with Crippen molar-refractivity contribution in [1.29, 1.82) is 0 Å². The summed E-state index contributed by atoms with van der Waals surface area (Å²) < 4.78 is 2.26. The van der Waals surface area contributed by atoms with Gasteiger partial charge in [0.15, 0.2) is 0 Å². The molecule has 0 saturated heterocycles. The van der Waals surface area contributed by atoms with E-state index in [0.29, 0.717) is 0 Å². The molecule has 0 bridgehead atoms. The molecule has 5 rings (SSSR count). The summed E-state index contributed by atoms with van der Waals surface area (Å²) in [5, 5.41) is 0. The molecule has 21 heavy (non-hydrogen) atoms. The average Bonchev–Trinajstić information content (AvgIpc) is 2.92. The number of rotatable bonds is 0. The fourth-order valence-corrected chi connectivity index (χ4v) is 3.78. The van der Waals surface area contributed by atoms with E-state index in [1.54, 1.807) is 0 Å². The zero-order valence-corrected chi connectivity index (χ0v) is 11.7. The molecule has 0 unspecified atom stereocenters. The minimum Gasteiger partial charge on any atom is -0.226 e. The summed E-state index contributed by atoms with van der Waals surface area (Å²) in [6.07, 6.45) is 5.96. The summed E-state index contributed by atoms with van der Waals surface area (Å²) in [5.41, 5.74) is 10.2. The quantitative estimate of drug-likeness (QED) is 0.396. The van der Waals surface area contributed by atoms with Crippen LogP contribution in [-0.2, 0) is 19.4 Å². The first kappa shape index (κ1) is 11.2. The van der Waals surface area contributed by atoms with Crippen LogP contribution < -0.4 is 4.57 Å². The van der Waals surface area contributed by atoms with Crippen LogP contribution >= 0.6 is 0 Å². The molecule has 3 aromatic rings. The number of benzene rings is 2. The van der Waals surface area contributed by atoms with Crippen LogP contribution in [-0.4, -0.2) is 4.98 Å². The van der Waals surface area contributed by atoms with Gasteiger partial charge in [-0.05, 0) is 41.2 Å². The normalized spacial score (nSPS) is 14.1.